The smallest absolute Gasteiger partial charge is 0.428 e. The molecule has 0 saturated heterocycles. The number of pyridine rings is 1. The van der Waals surface area contributed by atoms with E-state index < -0.39 is 0 Å². The third kappa shape index (κ3) is 2.19. The Morgan fingerprint density at radius 2 is 2.11 bits per heavy atom. The van der Waals surface area contributed by atoms with Gasteiger partial charge in [-0.3, -0.25) is 0 Å². The third-order valence-electron chi connectivity index (χ3n) is 0.803. The normalized spacial score (nSPS) is 8.00. The first-order valence-electron chi connectivity index (χ1n) is 2.17. The van der Waals surface area contributed by atoms with E-state index in [1.807, 2.05) is 0 Å². The fourth-order valence-corrected chi connectivity index (χ4v) is 0.558. The molecule has 9 heavy (non-hydrogen) atoms. The molecule has 0 aromatic carbocycles. The second-order valence-corrected chi connectivity index (χ2v) is 1.80. The SMILES string of the molecule is On1ccccc1=S.[Cr+3]. The Morgan fingerprint density at radius 3 is 2.44 bits per heavy atom. The van der Waals surface area contributed by atoms with Gasteiger partial charge in [0.25, 0.3) is 0 Å². The van der Waals surface area contributed by atoms with Crippen molar-refractivity contribution in [1.29, 1.82) is 0 Å². The van der Waals surface area contributed by atoms with Crippen LogP contribution in [0.1, 0.15) is 0 Å². The average molecular weight is 179 g/mol. The number of hydrogen-bond acceptors (Lipinski definition) is 2. The van der Waals surface area contributed by atoms with E-state index in [9.17, 15) is 0 Å². The van der Waals surface area contributed by atoms with Crippen LogP contribution in [0.25, 0.3) is 0 Å². The Labute approximate surface area is 68.8 Å². The van der Waals surface area contributed by atoms with E-state index >= 15 is 0 Å². The maximum absolute atomic E-state index is 8.73. The maximum atomic E-state index is 8.73. The Balaban J connectivity index is 0.000000640. The molecule has 0 unspecified atom stereocenters. The topological polar surface area (TPSA) is 25.2 Å². The van der Waals surface area contributed by atoms with E-state index in [0.29, 0.717) is 4.64 Å². The molecule has 1 heterocycles. The van der Waals surface area contributed by atoms with Gasteiger partial charge in [0.05, 0.1) is 0 Å². The first-order chi connectivity index (χ1) is 3.80. The van der Waals surface area contributed by atoms with Crippen LogP contribution in [0.15, 0.2) is 24.4 Å². The first-order valence-corrected chi connectivity index (χ1v) is 2.58. The third-order valence-corrected chi connectivity index (χ3v) is 1.13. The largest absolute Gasteiger partial charge is 3.00 e. The van der Waals surface area contributed by atoms with Gasteiger partial charge in [0.2, 0.25) is 0 Å². The molecule has 45 valence electrons. The van der Waals surface area contributed by atoms with Gasteiger partial charge in [-0.15, -0.1) is 0 Å². The van der Waals surface area contributed by atoms with Gasteiger partial charge < -0.3 is 5.21 Å². The van der Waals surface area contributed by atoms with Gasteiger partial charge in [-0.25, -0.2) is 0 Å². The van der Waals surface area contributed by atoms with Gasteiger partial charge in [0.15, 0.2) is 0 Å². The summed E-state index contributed by atoms with van der Waals surface area (Å²) in [4.78, 5) is 0. The van der Waals surface area contributed by atoms with E-state index in [0.717, 1.165) is 4.73 Å². The van der Waals surface area contributed by atoms with Crippen molar-refractivity contribution in [1.82, 2.24) is 4.73 Å². The van der Waals surface area contributed by atoms with Gasteiger partial charge in [-0.1, -0.05) is 18.3 Å². The summed E-state index contributed by atoms with van der Waals surface area (Å²) in [5.74, 6) is 0. The molecule has 0 aliphatic rings. The van der Waals surface area contributed by atoms with E-state index in [1.165, 1.54) is 6.20 Å². The van der Waals surface area contributed by atoms with Crippen LogP contribution in [0.4, 0.5) is 0 Å². The number of aromatic nitrogens is 1. The minimum Gasteiger partial charge on any atom is -0.428 e. The molecule has 0 amide bonds. The van der Waals surface area contributed by atoms with E-state index in [1.54, 1.807) is 18.2 Å². The van der Waals surface area contributed by atoms with Crippen LogP contribution >= 0.6 is 12.2 Å². The molecule has 1 aromatic rings. The molecule has 0 saturated carbocycles. The van der Waals surface area contributed by atoms with Crippen LogP contribution in [0.2, 0.25) is 0 Å². The van der Waals surface area contributed by atoms with E-state index in [4.69, 9.17) is 5.21 Å². The molecule has 1 N–H and O–H groups in total. The Hall–Kier alpha value is -0.298. The van der Waals surface area contributed by atoms with Crippen molar-refractivity contribution < 1.29 is 22.6 Å². The van der Waals surface area contributed by atoms with E-state index in [2.05, 4.69) is 12.2 Å². The monoisotopic (exact) mass is 179 g/mol. The predicted molar refractivity (Wildman–Crippen MR) is 32.5 cm³/mol. The van der Waals surface area contributed by atoms with Crippen molar-refractivity contribution in [2.24, 2.45) is 0 Å². The molecule has 0 aliphatic carbocycles. The van der Waals surface area contributed by atoms with Crippen molar-refractivity contribution in [3.8, 4) is 0 Å². The molecular weight excluding hydrogens is 174 g/mol. The molecule has 0 atom stereocenters. The van der Waals surface area contributed by atoms with Gasteiger partial charge in [-0.05, 0) is 12.1 Å². The maximum Gasteiger partial charge on any atom is 3.00 e. The van der Waals surface area contributed by atoms with E-state index in [-0.39, 0.29) is 17.4 Å². The number of rotatable bonds is 0. The molecule has 0 aliphatic heterocycles. The second kappa shape index (κ2) is 3.68. The van der Waals surface area contributed by atoms with Crippen molar-refractivity contribution in [3.05, 3.63) is 29.0 Å². The molecule has 4 heteroatoms. The molecule has 0 spiro atoms. The summed E-state index contributed by atoms with van der Waals surface area (Å²) in [6.07, 6.45) is 1.49. The van der Waals surface area contributed by atoms with Crippen molar-refractivity contribution in [2.45, 2.75) is 0 Å². The van der Waals surface area contributed by atoms with Crippen LogP contribution < -0.4 is 0 Å². The summed E-state index contributed by atoms with van der Waals surface area (Å²) in [6.45, 7) is 0. The standard InChI is InChI=1S/C5H5NOS.Cr/c7-6-4-2-1-3-5(6)8;/h1-4,7H;/q;+3. The van der Waals surface area contributed by atoms with Crippen LogP contribution in [-0.2, 0) is 17.4 Å². The summed E-state index contributed by atoms with van der Waals surface area (Å²) in [5, 5.41) is 8.73. The summed E-state index contributed by atoms with van der Waals surface area (Å²) in [5.41, 5.74) is 0. The van der Waals surface area contributed by atoms with Crippen LogP contribution in [0.5, 0.6) is 0 Å². The van der Waals surface area contributed by atoms with Gasteiger partial charge in [0.1, 0.15) is 4.64 Å². The van der Waals surface area contributed by atoms with Crippen molar-refractivity contribution in [2.75, 3.05) is 0 Å². The zero-order valence-electron chi connectivity index (χ0n) is 4.52. The van der Waals surface area contributed by atoms with Crippen molar-refractivity contribution >= 4 is 12.2 Å². The summed E-state index contributed by atoms with van der Waals surface area (Å²) < 4.78 is 1.32. The zero-order valence-corrected chi connectivity index (χ0v) is 6.61. The summed E-state index contributed by atoms with van der Waals surface area (Å²) >= 11 is 4.67. The van der Waals surface area contributed by atoms with Crippen LogP contribution in [0, 0.1) is 4.64 Å². The zero-order chi connectivity index (χ0) is 5.98. The molecule has 2 nitrogen and oxygen atoms in total. The molecule has 0 bridgehead atoms. The predicted octanol–water partition coefficient (Wildman–Crippen LogP) is 1.45. The van der Waals surface area contributed by atoms with Crippen molar-refractivity contribution in [3.63, 3.8) is 0 Å². The number of nitrogens with zero attached hydrogens (tertiary/aromatic N) is 1. The molecular formula is C5H5CrNOS+3. The fraction of sp³-hybridized carbons (Fsp3) is 0. The molecule has 1 aromatic heterocycles. The van der Waals surface area contributed by atoms with Gasteiger partial charge in [0, 0.05) is 6.20 Å². The molecule has 0 fully saturated rings. The minimum absolute atomic E-state index is 0. The minimum atomic E-state index is 0. The Bertz CT molecular complexity index is 234. The quantitative estimate of drug-likeness (QED) is 0.481. The first kappa shape index (κ1) is 8.70. The Kier molecular flexibility index (Phi) is 3.55. The summed E-state index contributed by atoms with van der Waals surface area (Å²) in [6, 6.07) is 5.13. The van der Waals surface area contributed by atoms with Crippen LogP contribution in [0.3, 0.4) is 0 Å². The van der Waals surface area contributed by atoms with Gasteiger partial charge >= 0.3 is 17.4 Å². The summed E-state index contributed by atoms with van der Waals surface area (Å²) in [7, 11) is 0. The number of hydrogen-bond donors (Lipinski definition) is 1. The second-order valence-electron chi connectivity index (χ2n) is 1.38. The Morgan fingerprint density at radius 1 is 1.44 bits per heavy atom. The van der Waals surface area contributed by atoms with Crippen LogP contribution in [-0.4, -0.2) is 9.94 Å². The average Bonchev–Trinajstić information content (AvgIpc) is 1.77. The molecule has 1 radical (unpaired) electrons. The fourth-order valence-electron chi connectivity index (χ4n) is 0.419. The van der Waals surface area contributed by atoms with Gasteiger partial charge in [-0.2, -0.15) is 4.73 Å². The molecule has 1 rings (SSSR count).